The van der Waals surface area contributed by atoms with Crippen LogP contribution in [-0.2, 0) is 9.53 Å². The van der Waals surface area contributed by atoms with Gasteiger partial charge in [0.05, 0.1) is 6.04 Å². The molecule has 7 fully saturated rings. The van der Waals surface area contributed by atoms with Crippen molar-refractivity contribution in [3.05, 3.63) is 0 Å². The highest BCUT2D eigenvalue weighted by Gasteiger charge is 2.69. The number of alkyl halides is 1. The zero-order chi connectivity index (χ0) is 16.9. The zero-order valence-electron chi connectivity index (χ0n) is 14.6. The molecule has 6 unspecified atom stereocenters. The smallest absolute Gasteiger partial charge is 0.321 e. The van der Waals surface area contributed by atoms with Gasteiger partial charge in [0, 0.05) is 11.5 Å². The summed E-state index contributed by atoms with van der Waals surface area (Å²) in [6, 6.07) is 0.238. The fourth-order valence-corrected chi connectivity index (χ4v) is 8.81. The maximum atomic E-state index is 11.9. The SMILES string of the molecule is O=C(CCl)OC1C2CC3C(C2)C1N(C12CC4CC(CC(C4)C1)C2)C3O. The van der Waals surface area contributed by atoms with Crippen LogP contribution in [0.2, 0.25) is 0 Å². The van der Waals surface area contributed by atoms with Crippen LogP contribution in [0.15, 0.2) is 0 Å². The number of carbonyl (C=O) groups is 1. The van der Waals surface area contributed by atoms with Crippen LogP contribution in [-0.4, -0.2) is 45.8 Å². The molecule has 0 aromatic rings. The second-order valence-electron chi connectivity index (χ2n) is 10.1. The van der Waals surface area contributed by atoms with Crippen LogP contribution in [0.4, 0.5) is 0 Å². The summed E-state index contributed by atoms with van der Waals surface area (Å²) < 4.78 is 5.84. The highest BCUT2D eigenvalue weighted by Crippen LogP contribution is 2.65. The van der Waals surface area contributed by atoms with E-state index < -0.39 is 0 Å². The number of nitrogens with zero attached hydrogens (tertiary/aromatic N) is 1. The summed E-state index contributed by atoms with van der Waals surface area (Å²) in [5, 5.41) is 11.3. The van der Waals surface area contributed by atoms with Gasteiger partial charge in [0.1, 0.15) is 18.2 Å². The number of aliphatic hydroxyl groups is 1. The van der Waals surface area contributed by atoms with E-state index in [0.717, 1.165) is 30.6 Å². The molecule has 1 heterocycles. The number of esters is 1. The summed E-state index contributed by atoms with van der Waals surface area (Å²) in [5.41, 5.74) is 0.177. The Balaban J connectivity index is 1.36. The van der Waals surface area contributed by atoms with E-state index >= 15 is 0 Å². The van der Waals surface area contributed by atoms with E-state index in [1.807, 2.05) is 0 Å². The van der Waals surface area contributed by atoms with E-state index in [9.17, 15) is 9.90 Å². The second kappa shape index (κ2) is 5.14. The first-order chi connectivity index (χ1) is 12.1. The minimum absolute atomic E-state index is 0.0438. The molecule has 5 heteroatoms. The predicted molar refractivity (Wildman–Crippen MR) is 92.8 cm³/mol. The predicted octanol–water partition coefficient (Wildman–Crippen LogP) is 2.76. The Morgan fingerprint density at radius 3 is 2.24 bits per heavy atom. The van der Waals surface area contributed by atoms with Crippen LogP contribution in [0.25, 0.3) is 0 Å². The lowest BCUT2D eigenvalue weighted by atomic mass is 9.52. The van der Waals surface area contributed by atoms with Crippen LogP contribution in [0.5, 0.6) is 0 Å². The number of rotatable bonds is 3. The molecule has 1 saturated heterocycles. The van der Waals surface area contributed by atoms with Crippen LogP contribution >= 0.6 is 11.6 Å². The summed E-state index contributed by atoms with van der Waals surface area (Å²) in [4.78, 5) is 14.4. The molecule has 6 bridgehead atoms. The molecule has 4 nitrogen and oxygen atoms in total. The third kappa shape index (κ3) is 2.00. The molecule has 7 aliphatic rings. The third-order valence-corrected chi connectivity index (χ3v) is 9.08. The lowest BCUT2D eigenvalue weighted by Crippen LogP contribution is -2.64. The molecule has 0 radical (unpaired) electrons. The number of halogens is 1. The average molecular weight is 366 g/mol. The van der Waals surface area contributed by atoms with Crippen LogP contribution in [0, 0.1) is 35.5 Å². The normalized spacial score (nSPS) is 58.2. The van der Waals surface area contributed by atoms with Crippen molar-refractivity contribution in [2.24, 2.45) is 35.5 Å². The molecule has 0 amide bonds. The molecular weight excluding hydrogens is 338 g/mol. The summed E-state index contributed by atoms with van der Waals surface area (Å²) in [6.07, 6.45) is 9.78. The fourth-order valence-electron chi connectivity index (χ4n) is 8.75. The molecule has 0 spiro atoms. The molecule has 1 aliphatic heterocycles. The van der Waals surface area contributed by atoms with Crippen molar-refractivity contribution in [2.45, 2.75) is 75.3 Å². The Morgan fingerprint density at radius 2 is 1.64 bits per heavy atom. The molecule has 138 valence electrons. The van der Waals surface area contributed by atoms with E-state index in [4.69, 9.17) is 16.3 Å². The van der Waals surface area contributed by atoms with Crippen LogP contribution in [0.3, 0.4) is 0 Å². The van der Waals surface area contributed by atoms with Gasteiger partial charge >= 0.3 is 5.97 Å². The molecule has 6 atom stereocenters. The van der Waals surface area contributed by atoms with Gasteiger partial charge < -0.3 is 9.84 Å². The molecular formula is C20H28ClNO3. The number of carbonyl (C=O) groups excluding carboxylic acids is 1. The van der Waals surface area contributed by atoms with Gasteiger partial charge in [-0.3, -0.25) is 9.69 Å². The Kier molecular flexibility index (Phi) is 3.23. The van der Waals surface area contributed by atoms with Gasteiger partial charge in [-0.2, -0.15) is 0 Å². The van der Waals surface area contributed by atoms with Gasteiger partial charge in [-0.25, -0.2) is 0 Å². The van der Waals surface area contributed by atoms with E-state index in [2.05, 4.69) is 4.90 Å². The summed E-state index contributed by atoms with van der Waals surface area (Å²) in [7, 11) is 0. The molecule has 6 aliphatic carbocycles. The third-order valence-electron chi connectivity index (χ3n) is 8.86. The first kappa shape index (κ1) is 15.7. The first-order valence-corrected chi connectivity index (χ1v) is 10.8. The molecule has 0 aromatic heterocycles. The molecule has 25 heavy (non-hydrogen) atoms. The van der Waals surface area contributed by atoms with E-state index in [1.54, 1.807) is 0 Å². The summed E-state index contributed by atoms with van der Waals surface area (Å²) in [5.74, 6) is 3.57. The van der Waals surface area contributed by atoms with Gasteiger partial charge in [0.25, 0.3) is 0 Å². The summed E-state index contributed by atoms with van der Waals surface area (Å²) >= 11 is 5.72. The number of likely N-dealkylation sites (tertiary alicyclic amines) is 1. The summed E-state index contributed by atoms with van der Waals surface area (Å²) in [6.45, 7) is 0. The van der Waals surface area contributed by atoms with Gasteiger partial charge in [-0.05, 0) is 81.0 Å². The Morgan fingerprint density at radius 1 is 1.04 bits per heavy atom. The standard InChI is InChI=1S/C20H28ClNO3/c21-9-16(23)25-18-13-4-14-15(5-13)19(24)22(17(14)18)20-6-10-1-11(7-20)3-12(2-10)8-20/h10-15,17-19,24H,1-9H2. The quantitative estimate of drug-likeness (QED) is 0.617. The zero-order valence-corrected chi connectivity index (χ0v) is 15.4. The van der Waals surface area contributed by atoms with Crippen molar-refractivity contribution in [1.82, 2.24) is 4.90 Å². The highest BCUT2D eigenvalue weighted by molar-refractivity contribution is 6.26. The van der Waals surface area contributed by atoms with Crippen molar-refractivity contribution in [2.75, 3.05) is 5.88 Å². The van der Waals surface area contributed by atoms with E-state index in [-0.39, 0.29) is 35.8 Å². The minimum Gasteiger partial charge on any atom is -0.460 e. The maximum absolute atomic E-state index is 11.9. The largest absolute Gasteiger partial charge is 0.460 e. The monoisotopic (exact) mass is 365 g/mol. The number of hydrogen-bond acceptors (Lipinski definition) is 4. The van der Waals surface area contributed by atoms with Gasteiger partial charge in [-0.1, -0.05) is 0 Å². The Hall–Kier alpha value is -0.320. The minimum atomic E-state index is -0.323. The van der Waals surface area contributed by atoms with Crippen LogP contribution in [0.1, 0.15) is 51.4 Å². The van der Waals surface area contributed by atoms with Gasteiger partial charge in [0.15, 0.2) is 0 Å². The molecule has 1 N–H and O–H groups in total. The van der Waals surface area contributed by atoms with Crippen molar-refractivity contribution in [3.63, 3.8) is 0 Å². The Labute approximate surface area is 154 Å². The van der Waals surface area contributed by atoms with Crippen molar-refractivity contribution in [1.29, 1.82) is 0 Å². The van der Waals surface area contributed by atoms with Crippen molar-refractivity contribution >= 4 is 17.6 Å². The fraction of sp³-hybridized carbons (Fsp3) is 0.950. The maximum Gasteiger partial charge on any atom is 0.321 e. The lowest BCUT2D eigenvalue weighted by molar-refractivity contribution is -0.171. The van der Waals surface area contributed by atoms with Crippen LogP contribution < -0.4 is 0 Å². The van der Waals surface area contributed by atoms with Gasteiger partial charge in [-0.15, -0.1) is 11.6 Å². The number of ether oxygens (including phenoxy) is 1. The van der Waals surface area contributed by atoms with E-state index in [1.165, 1.54) is 38.5 Å². The average Bonchev–Trinajstić information content (AvgIpc) is 3.17. The topological polar surface area (TPSA) is 49.8 Å². The number of fused-ring (bicyclic) bond motifs is 1. The van der Waals surface area contributed by atoms with Crippen molar-refractivity contribution < 1.29 is 14.6 Å². The number of hydrogen-bond donors (Lipinski definition) is 1. The first-order valence-electron chi connectivity index (χ1n) is 10.3. The lowest BCUT2D eigenvalue weighted by Gasteiger charge is -2.61. The second-order valence-corrected chi connectivity index (χ2v) is 10.4. The van der Waals surface area contributed by atoms with Gasteiger partial charge in [0.2, 0.25) is 0 Å². The van der Waals surface area contributed by atoms with E-state index in [0.29, 0.717) is 17.8 Å². The molecule has 0 aromatic carbocycles. The highest BCUT2D eigenvalue weighted by atomic mass is 35.5. The van der Waals surface area contributed by atoms with Crippen molar-refractivity contribution in [3.8, 4) is 0 Å². The molecule has 7 rings (SSSR count). The number of aliphatic hydroxyl groups excluding tert-OH is 1. The molecule has 6 saturated carbocycles. The Bertz CT molecular complexity index is 574.